The number of nitrogens with one attached hydrogen (secondary N) is 1. The molecule has 0 saturated carbocycles. The standard InChI is InChI=1S/C57H105N2O7P/c1-7-10-13-16-19-22-25-28-29-32-34-37-40-43-46-49-56(60)58-54(53-65-67(62,63)64-52-51-59(4,5)6)55(48-45-42-39-36-33-30-26-23-20-17-14-11-8-2)66-57(61)50-47-44-41-38-35-31-27-24-21-18-15-12-9-3/h12,15,18,21-22,24-25,27,45,48,54-55H,7-11,13-14,16-17,19-20,23,26,28-44,46-47,49-53H2,1-6H3,(H-,58,60,62,63)/b15-12+,21-18+,25-22-,27-24-,48-45+. The van der Waals surface area contributed by atoms with E-state index in [1.54, 1.807) is 0 Å². The van der Waals surface area contributed by atoms with Crippen LogP contribution in [-0.4, -0.2) is 69.4 Å². The third-order valence-corrected chi connectivity index (χ3v) is 13.0. The van der Waals surface area contributed by atoms with Crippen LogP contribution < -0.4 is 10.2 Å². The Bertz CT molecular complexity index is 1340. The first-order valence-electron chi connectivity index (χ1n) is 27.6. The molecule has 0 rings (SSSR count). The van der Waals surface area contributed by atoms with E-state index in [0.29, 0.717) is 23.9 Å². The molecule has 0 aromatic carbocycles. The van der Waals surface area contributed by atoms with Crippen molar-refractivity contribution in [3.8, 4) is 0 Å². The number of unbranched alkanes of at least 4 members (excludes halogenated alkanes) is 27. The molecular formula is C57H105N2O7P. The number of rotatable bonds is 49. The van der Waals surface area contributed by atoms with E-state index in [2.05, 4.69) is 68.6 Å². The highest BCUT2D eigenvalue weighted by Crippen LogP contribution is 2.38. The van der Waals surface area contributed by atoms with Crippen molar-refractivity contribution >= 4 is 19.7 Å². The van der Waals surface area contributed by atoms with Gasteiger partial charge in [0.25, 0.3) is 7.82 Å². The molecule has 0 fully saturated rings. The largest absolute Gasteiger partial charge is 0.756 e. The van der Waals surface area contributed by atoms with Gasteiger partial charge in [-0.15, -0.1) is 0 Å². The van der Waals surface area contributed by atoms with Gasteiger partial charge in [0, 0.05) is 12.8 Å². The lowest BCUT2D eigenvalue weighted by atomic mass is 10.0. The number of quaternary nitrogens is 1. The van der Waals surface area contributed by atoms with E-state index in [-0.39, 0.29) is 24.9 Å². The molecular weight excluding hydrogens is 856 g/mol. The molecule has 9 nitrogen and oxygen atoms in total. The number of nitrogens with zero attached hydrogens (tertiary/aromatic N) is 1. The summed E-state index contributed by atoms with van der Waals surface area (Å²) < 4.78 is 30.2. The van der Waals surface area contributed by atoms with Crippen molar-refractivity contribution in [3.63, 3.8) is 0 Å². The van der Waals surface area contributed by atoms with Crippen molar-refractivity contribution < 1.29 is 37.3 Å². The fourth-order valence-electron chi connectivity index (χ4n) is 7.69. The SMILES string of the molecule is CC/C=C/C=C/C=C\CCCCCCCC(=O)OC(/C=C/CCCCCCCCCCCCC)C(COP(=O)([O-])OCC[N+](C)(C)C)NC(=O)CCCCCCCCC/C=C\CCCCCC. The Morgan fingerprint density at radius 3 is 1.48 bits per heavy atom. The Labute approximate surface area is 413 Å². The average molecular weight is 961 g/mol. The van der Waals surface area contributed by atoms with Crippen LogP contribution in [0.15, 0.2) is 60.8 Å². The maximum atomic E-state index is 13.5. The average Bonchev–Trinajstić information content (AvgIpc) is 3.28. The maximum Gasteiger partial charge on any atom is 0.306 e. The van der Waals surface area contributed by atoms with Crippen LogP contribution in [0.3, 0.4) is 0 Å². The van der Waals surface area contributed by atoms with Gasteiger partial charge in [0.05, 0.1) is 33.8 Å². The van der Waals surface area contributed by atoms with Gasteiger partial charge in [-0.1, -0.05) is 210 Å². The third-order valence-electron chi connectivity index (χ3n) is 12.0. The molecule has 0 bridgehead atoms. The van der Waals surface area contributed by atoms with Gasteiger partial charge in [0.15, 0.2) is 0 Å². The van der Waals surface area contributed by atoms with Crippen molar-refractivity contribution in [3.05, 3.63) is 60.8 Å². The van der Waals surface area contributed by atoms with Gasteiger partial charge < -0.3 is 28.5 Å². The highest BCUT2D eigenvalue weighted by atomic mass is 31.2. The van der Waals surface area contributed by atoms with Crippen molar-refractivity contribution in [1.82, 2.24) is 5.32 Å². The summed E-state index contributed by atoms with van der Waals surface area (Å²) >= 11 is 0. The van der Waals surface area contributed by atoms with E-state index in [0.717, 1.165) is 89.9 Å². The molecule has 0 aliphatic carbocycles. The normalized spacial score (nSPS) is 14.3. The lowest BCUT2D eigenvalue weighted by molar-refractivity contribution is -0.870. The molecule has 0 saturated heterocycles. The smallest absolute Gasteiger partial charge is 0.306 e. The molecule has 390 valence electrons. The summed E-state index contributed by atoms with van der Waals surface area (Å²) in [5.41, 5.74) is 0. The fraction of sp³-hybridized carbons (Fsp3) is 0.789. The number of phosphoric acid groups is 1. The molecule has 67 heavy (non-hydrogen) atoms. The summed E-state index contributed by atoms with van der Waals surface area (Å²) in [6.07, 6.45) is 57.5. The quantitative estimate of drug-likeness (QED) is 0.0161. The van der Waals surface area contributed by atoms with Crippen LogP contribution in [0.25, 0.3) is 0 Å². The lowest BCUT2D eigenvalue weighted by Gasteiger charge is -2.30. The predicted molar refractivity (Wildman–Crippen MR) is 284 cm³/mol. The number of allylic oxidation sites excluding steroid dienone is 9. The summed E-state index contributed by atoms with van der Waals surface area (Å²) in [6.45, 7) is 6.67. The lowest BCUT2D eigenvalue weighted by Crippen LogP contribution is -2.47. The number of carbonyl (C=O) groups is 2. The highest BCUT2D eigenvalue weighted by Gasteiger charge is 2.27. The van der Waals surface area contributed by atoms with Crippen LogP contribution in [0, 0.1) is 0 Å². The van der Waals surface area contributed by atoms with Gasteiger partial charge in [-0.05, 0) is 76.7 Å². The Hall–Kier alpha value is -2.29. The van der Waals surface area contributed by atoms with Crippen LogP contribution in [0.4, 0.5) is 0 Å². The fourth-order valence-corrected chi connectivity index (χ4v) is 8.41. The Morgan fingerprint density at radius 1 is 0.537 bits per heavy atom. The number of esters is 1. The van der Waals surface area contributed by atoms with Crippen molar-refractivity contribution in [2.45, 2.75) is 251 Å². The minimum atomic E-state index is -4.70. The third kappa shape index (κ3) is 48.5. The summed E-state index contributed by atoms with van der Waals surface area (Å²) in [5, 5.41) is 3.01. The molecule has 0 spiro atoms. The minimum Gasteiger partial charge on any atom is -0.756 e. The summed E-state index contributed by atoms with van der Waals surface area (Å²) in [6, 6.07) is -0.898. The number of likely N-dealkylation sites (N-methyl/N-ethyl adjacent to an activating group) is 1. The van der Waals surface area contributed by atoms with Gasteiger partial charge in [-0.2, -0.15) is 0 Å². The van der Waals surface area contributed by atoms with Crippen molar-refractivity contribution in [1.29, 1.82) is 0 Å². The van der Waals surface area contributed by atoms with E-state index in [1.807, 2.05) is 39.4 Å². The highest BCUT2D eigenvalue weighted by molar-refractivity contribution is 7.45. The summed E-state index contributed by atoms with van der Waals surface area (Å²) in [4.78, 5) is 39.8. The number of hydrogen-bond donors (Lipinski definition) is 1. The second kappa shape index (κ2) is 47.4. The van der Waals surface area contributed by atoms with E-state index >= 15 is 0 Å². The van der Waals surface area contributed by atoms with Crippen LogP contribution in [0.2, 0.25) is 0 Å². The zero-order valence-electron chi connectivity index (χ0n) is 44.3. The van der Waals surface area contributed by atoms with E-state index in [1.165, 1.54) is 109 Å². The molecule has 0 aromatic rings. The van der Waals surface area contributed by atoms with Crippen LogP contribution in [0.5, 0.6) is 0 Å². The minimum absolute atomic E-state index is 0.0280. The predicted octanol–water partition coefficient (Wildman–Crippen LogP) is 15.7. The van der Waals surface area contributed by atoms with Crippen molar-refractivity contribution in [2.75, 3.05) is 40.9 Å². The molecule has 10 heteroatoms. The number of carbonyl (C=O) groups excluding carboxylic acids is 2. The van der Waals surface area contributed by atoms with E-state index in [9.17, 15) is 19.0 Å². The number of phosphoric ester groups is 1. The molecule has 1 N–H and O–H groups in total. The molecule has 1 amide bonds. The Balaban J connectivity index is 5.43. The van der Waals surface area contributed by atoms with E-state index in [4.69, 9.17) is 13.8 Å². The number of ether oxygens (including phenoxy) is 1. The first kappa shape index (κ1) is 64.7. The van der Waals surface area contributed by atoms with Gasteiger partial charge in [0.2, 0.25) is 5.91 Å². The monoisotopic (exact) mass is 961 g/mol. The second-order valence-electron chi connectivity index (χ2n) is 19.8. The van der Waals surface area contributed by atoms with E-state index < -0.39 is 26.6 Å². The van der Waals surface area contributed by atoms with Gasteiger partial charge in [-0.25, -0.2) is 0 Å². The zero-order chi connectivity index (χ0) is 49.4. The molecule has 0 aromatic heterocycles. The van der Waals surface area contributed by atoms with Gasteiger partial charge in [0.1, 0.15) is 19.3 Å². The first-order valence-corrected chi connectivity index (χ1v) is 29.1. The Kier molecular flexibility index (Phi) is 45.8. The topological polar surface area (TPSA) is 114 Å². The van der Waals surface area contributed by atoms with Crippen LogP contribution in [-0.2, 0) is 27.9 Å². The van der Waals surface area contributed by atoms with Crippen molar-refractivity contribution in [2.24, 2.45) is 0 Å². The van der Waals surface area contributed by atoms with Crippen LogP contribution in [0.1, 0.15) is 239 Å². The molecule has 3 unspecified atom stereocenters. The molecule has 3 atom stereocenters. The van der Waals surface area contributed by atoms with Gasteiger partial charge >= 0.3 is 5.97 Å². The molecule has 0 aliphatic rings. The Morgan fingerprint density at radius 2 is 0.970 bits per heavy atom. The second-order valence-corrected chi connectivity index (χ2v) is 21.2. The summed E-state index contributed by atoms with van der Waals surface area (Å²) in [5.74, 6) is -0.570. The maximum absolute atomic E-state index is 13.5. The molecule has 0 radical (unpaired) electrons. The first-order chi connectivity index (χ1) is 32.4. The number of hydrogen-bond acceptors (Lipinski definition) is 7. The van der Waals surface area contributed by atoms with Crippen LogP contribution >= 0.6 is 7.82 Å². The zero-order valence-corrected chi connectivity index (χ0v) is 45.2. The molecule has 0 aliphatic heterocycles. The number of amides is 1. The van der Waals surface area contributed by atoms with Gasteiger partial charge in [-0.3, -0.25) is 14.2 Å². The summed E-state index contributed by atoms with van der Waals surface area (Å²) in [7, 11) is 1.17. The molecule has 0 heterocycles.